The Hall–Kier alpha value is -3.72. The average molecular weight is 411 g/mol. The maximum absolute atomic E-state index is 5.89. The van der Waals surface area contributed by atoms with Gasteiger partial charge in [-0.05, 0) is 42.0 Å². The van der Waals surface area contributed by atoms with Crippen LogP contribution in [-0.2, 0) is 6.54 Å². The molecule has 1 aliphatic rings. The van der Waals surface area contributed by atoms with Gasteiger partial charge in [0.05, 0.1) is 11.9 Å². The Labute approximate surface area is 170 Å². The summed E-state index contributed by atoms with van der Waals surface area (Å²) in [6, 6.07) is 13.3. The van der Waals surface area contributed by atoms with Crippen LogP contribution in [0.25, 0.3) is 11.6 Å². The van der Waals surface area contributed by atoms with Crippen molar-refractivity contribution in [3.05, 3.63) is 59.2 Å². The van der Waals surface area contributed by atoms with Gasteiger partial charge in [-0.15, -0.1) is 5.10 Å². The number of hydrogen-bond acceptors (Lipinski definition) is 8. The van der Waals surface area contributed by atoms with Gasteiger partial charge in [0.2, 0.25) is 6.79 Å². The first-order valence-corrected chi connectivity index (χ1v) is 9.14. The second-order valence-electron chi connectivity index (χ2n) is 6.24. The van der Waals surface area contributed by atoms with E-state index in [4.69, 9.17) is 25.5 Å². The van der Waals surface area contributed by atoms with Gasteiger partial charge in [0.1, 0.15) is 5.69 Å². The number of ether oxygens (including phenoxy) is 2. The van der Waals surface area contributed by atoms with Crippen LogP contribution in [0.4, 0.5) is 17.4 Å². The molecule has 2 aromatic heterocycles. The number of hydrogen-bond donors (Lipinski definition) is 3. The van der Waals surface area contributed by atoms with Crippen molar-refractivity contribution >= 4 is 29.0 Å². The van der Waals surface area contributed by atoms with E-state index in [2.05, 4.69) is 31.0 Å². The molecular weight excluding hydrogens is 396 g/mol. The highest BCUT2D eigenvalue weighted by Gasteiger charge is 2.16. The monoisotopic (exact) mass is 410 g/mol. The van der Waals surface area contributed by atoms with Crippen molar-refractivity contribution in [2.75, 3.05) is 17.4 Å². The Kier molecular flexibility index (Phi) is 4.41. The van der Waals surface area contributed by atoms with E-state index in [0.717, 1.165) is 28.4 Å². The molecule has 1 aliphatic heterocycles. The fraction of sp³-hybridized carbons (Fsp3) is 0.105. The van der Waals surface area contributed by atoms with Gasteiger partial charge in [0, 0.05) is 17.3 Å². The van der Waals surface area contributed by atoms with E-state index in [1.807, 2.05) is 30.3 Å². The van der Waals surface area contributed by atoms with Gasteiger partial charge < -0.3 is 24.5 Å². The Morgan fingerprint density at radius 1 is 1.03 bits per heavy atom. The molecule has 0 saturated heterocycles. The summed E-state index contributed by atoms with van der Waals surface area (Å²) in [5.41, 5.74) is 3.17. The van der Waals surface area contributed by atoms with Gasteiger partial charge in [0.15, 0.2) is 11.5 Å². The maximum Gasteiger partial charge on any atom is 0.320 e. The molecule has 2 aromatic carbocycles. The molecule has 4 aromatic rings. The van der Waals surface area contributed by atoms with Crippen molar-refractivity contribution in [3.8, 4) is 23.1 Å². The van der Waals surface area contributed by atoms with Crippen molar-refractivity contribution in [2.24, 2.45) is 0 Å². The van der Waals surface area contributed by atoms with E-state index in [9.17, 15) is 0 Å². The summed E-state index contributed by atoms with van der Waals surface area (Å²) in [5.74, 6) is 1.81. The van der Waals surface area contributed by atoms with Gasteiger partial charge in [-0.2, -0.15) is 5.10 Å². The molecule has 3 heterocycles. The maximum atomic E-state index is 5.89. The minimum absolute atomic E-state index is 0.252. The summed E-state index contributed by atoms with van der Waals surface area (Å²) in [7, 11) is 0. The first kappa shape index (κ1) is 17.4. The van der Waals surface area contributed by atoms with Gasteiger partial charge >= 0.3 is 6.01 Å². The van der Waals surface area contributed by atoms with Gasteiger partial charge in [-0.25, -0.2) is 0 Å². The predicted octanol–water partition coefficient (Wildman–Crippen LogP) is 4.20. The lowest BCUT2D eigenvalue weighted by Crippen LogP contribution is -2.00. The van der Waals surface area contributed by atoms with Crippen LogP contribution in [-0.4, -0.2) is 27.2 Å². The molecule has 0 atom stereocenters. The normalized spacial score (nSPS) is 12.2. The highest BCUT2D eigenvalue weighted by Crippen LogP contribution is 2.33. The van der Waals surface area contributed by atoms with E-state index in [1.54, 1.807) is 18.3 Å². The van der Waals surface area contributed by atoms with Crippen molar-refractivity contribution in [1.29, 1.82) is 0 Å². The summed E-state index contributed by atoms with van der Waals surface area (Å²) in [6.45, 7) is 0.814. The van der Waals surface area contributed by atoms with Gasteiger partial charge in [-0.1, -0.05) is 22.8 Å². The summed E-state index contributed by atoms with van der Waals surface area (Å²) < 4.78 is 16.4. The molecule has 0 spiro atoms. The van der Waals surface area contributed by atoms with Crippen LogP contribution in [0.15, 0.2) is 53.1 Å². The summed E-state index contributed by atoms with van der Waals surface area (Å²) in [4.78, 5) is 0. The van der Waals surface area contributed by atoms with Crippen LogP contribution >= 0.6 is 11.6 Å². The van der Waals surface area contributed by atoms with Crippen LogP contribution in [0.2, 0.25) is 5.02 Å². The Morgan fingerprint density at radius 3 is 2.79 bits per heavy atom. The Bertz CT molecular complexity index is 1140. The Balaban J connectivity index is 1.29. The number of halogens is 1. The van der Waals surface area contributed by atoms with Crippen LogP contribution in [0.1, 0.15) is 5.56 Å². The van der Waals surface area contributed by atoms with Crippen molar-refractivity contribution in [1.82, 2.24) is 20.4 Å². The van der Waals surface area contributed by atoms with E-state index in [0.29, 0.717) is 23.2 Å². The molecular formula is C19H15ClN6O3. The molecule has 146 valence electrons. The molecule has 0 amide bonds. The van der Waals surface area contributed by atoms with Crippen LogP contribution in [0.3, 0.4) is 0 Å². The molecule has 0 bridgehead atoms. The van der Waals surface area contributed by atoms with Crippen LogP contribution < -0.4 is 20.1 Å². The average Bonchev–Trinajstić information content (AvgIpc) is 3.48. The van der Waals surface area contributed by atoms with Gasteiger partial charge in [-0.3, -0.25) is 5.10 Å². The minimum atomic E-state index is 0.252. The zero-order valence-corrected chi connectivity index (χ0v) is 15.7. The number of aromatic nitrogens is 4. The molecule has 0 unspecified atom stereocenters. The topological polar surface area (TPSA) is 110 Å². The second-order valence-corrected chi connectivity index (χ2v) is 6.68. The molecule has 0 radical (unpaired) electrons. The molecule has 0 saturated carbocycles. The number of nitrogens with one attached hydrogen (secondary N) is 3. The van der Waals surface area contributed by atoms with E-state index < -0.39 is 0 Å². The molecule has 10 heteroatoms. The highest BCUT2D eigenvalue weighted by atomic mass is 35.5. The van der Waals surface area contributed by atoms with E-state index in [1.165, 1.54) is 0 Å². The van der Waals surface area contributed by atoms with E-state index in [-0.39, 0.29) is 12.8 Å². The summed E-state index contributed by atoms with van der Waals surface area (Å²) >= 11 is 5.89. The number of H-pyrrole nitrogens is 1. The third-order valence-corrected chi connectivity index (χ3v) is 4.55. The number of fused-ring (bicyclic) bond motifs is 1. The smallest absolute Gasteiger partial charge is 0.320 e. The third-order valence-electron chi connectivity index (χ3n) is 4.29. The number of anilines is 3. The van der Waals surface area contributed by atoms with Crippen molar-refractivity contribution < 1.29 is 13.9 Å². The molecule has 0 fully saturated rings. The summed E-state index contributed by atoms with van der Waals surface area (Å²) in [5, 5.41) is 22.1. The SMILES string of the molecule is Clc1ccc(Nc2nnc(-c3[nH]ncc3NCc3ccc4c(c3)OCO4)o2)cc1. The fourth-order valence-corrected chi connectivity index (χ4v) is 2.99. The Morgan fingerprint density at radius 2 is 1.90 bits per heavy atom. The summed E-state index contributed by atoms with van der Waals surface area (Å²) in [6.07, 6.45) is 1.67. The predicted molar refractivity (Wildman–Crippen MR) is 107 cm³/mol. The van der Waals surface area contributed by atoms with Crippen molar-refractivity contribution in [2.45, 2.75) is 6.54 Å². The van der Waals surface area contributed by atoms with E-state index >= 15 is 0 Å². The number of aromatic amines is 1. The number of benzene rings is 2. The van der Waals surface area contributed by atoms with Crippen LogP contribution in [0, 0.1) is 0 Å². The molecule has 0 aliphatic carbocycles. The van der Waals surface area contributed by atoms with Crippen molar-refractivity contribution in [3.63, 3.8) is 0 Å². The third kappa shape index (κ3) is 3.67. The highest BCUT2D eigenvalue weighted by molar-refractivity contribution is 6.30. The zero-order chi connectivity index (χ0) is 19.6. The minimum Gasteiger partial charge on any atom is -0.454 e. The largest absolute Gasteiger partial charge is 0.454 e. The fourth-order valence-electron chi connectivity index (χ4n) is 2.86. The standard InChI is InChI=1S/C19H15ClN6O3/c20-12-2-4-13(5-3-12)23-19-26-25-18(29-19)17-14(9-22-24-17)21-8-11-1-6-15-16(7-11)28-10-27-15/h1-7,9,21H,8,10H2,(H,22,24)(H,23,26). The lowest BCUT2D eigenvalue weighted by atomic mass is 10.2. The number of nitrogens with zero attached hydrogens (tertiary/aromatic N) is 3. The molecule has 3 N–H and O–H groups in total. The molecule has 5 rings (SSSR count). The quantitative estimate of drug-likeness (QED) is 0.434. The van der Waals surface area contributed by atoms with Crippen LogP contribution in [0.5, 0.6) is 11.5 Å². The lowest BCUT2D eigenvalue weighted by Gasteiger charge is -2.06. The lowest BCUT2D eigenvalue weighted by molar-refractivity contribution is 0.174. The van der Waals surface area contributed by atoms with Gasteiger partial charge in [0.25, 0.3) is 5.89 Å². The second kappa shape index (κ2) is 7.36. The first-order valence-electron chi connectivity index (χ1n) is 8.77. The molecule has 9 nitrogen and oxygen atoms in total. The number of rotatable bonds is 6. The zero-order valence-electron chi connectivity index (χ0n) is 15.0. The molecule has 29 heavy (non-hydrogen) atoms. The first-order chi connectivity index (χ1) is 14.2.